The fraction of sp³-hybridized carbons (Fsp3) is 0.429. The number of hydrogen-bond acceptors (Lipinski definition) is 5. The van der Waals surface area contributed by atoms with Crippen LogP contribution < -0.4 is 9.64 Å². The number of aromatic nitrogens is 2. The summed E-state index contributed by atoms with van der Waals surface area (Å²) >= 11 is 1.94. The van der Waals surface area contributed by atoms with Crippen LogP contribution in [0.4, 0.5) is 5.69 Å². The minimum absolute atomic E-state index is 0.641. The molecule has 1 aliphatic rings. The van der Waals surface area contributed by atoms with Crippen molar-refractivity contribution in [2.45, 2.75) is 11.7 Å². The van der Waals surface area contributed by atoms with Crippen molar-refractivity contribution in [3.8, 4) is 5.88 Å². The first kappa shape index (κ1) is 12.5. The molecule has 3 heterocycles. The zero-order valence-corrected chi connectivity index (χ0v) is 12.0. The van der Waals surface area contributed by atoms with Gasteiger partial charge in [-0.2, -0.15) is 11.8 Å². The molecule has 0 saturated carbocycles. The molecule has 1 unspecified atom stereocenters. The van der Waals surface area contributed by atoms with Gasteiger partial charge in [-0.25, -0.2) is 4.98 Å². The molecular weight excluding hydrogens is 258 g/mol. The van der Waals surface area contributed by atoms with Gasteiger partial charge in [-0.05, 0) is 24.8 Å². The topological polar surface area (TPSA) is 38.2 Å². The molecule has 3 rings (SSSR count). The number of pyridine rings is 2. The van der Waals surface area contributed by atoms with Crippen LogP contribution in [0.1, 0.15) is 6.42 Å². The minimum Gasteiger partial charge on any atom is -0.481 e. The van der Waals surface area contributed by atoms with Gasteiger partial charge in [0.1, 0.15) is 5.52 Å². The highest BCUT2D eigenvalue weighted by molar-refractivity contribution is 7.99. The summed E-state index contributed by atoms with van der Waals surface area (Å²) < 4.78 is 5.22. The van der Waals surface area contributed by atoms with E-state index in [4.69, 9.17) is 4.74 Å². The Labute approximate surface area is 117 Å². The maximum absolute atomic E-state index is 5.22. The van der Waals surface area contributed by atoms with Gasteiger partial charge in [0.05, 0.1) is 18.3 Å². The predicted octanol–water partition coefficient (Wildman–Crippen LogP) is 2.58. The van der Waals surface area contributed by atoms with Crippen LogP contribution in [0.2, 0.25) is 0 Å². The largest absolute Gasteiger partial charge is 0.481 e. The highest BCUT2D eigenvalue weighted by Crippen LogP contribution is 2.30. The number of ether oxygens (including phenoxy) is 1. The number of methoxy groups -OCH3 is 1. The van der Waals surface area contributed by atoms with E-state index in [0.29, 0.717) is 11.1 Å². The van der Waals surface area contributed by atoms with Crippen LogP contribution in [0.5, 0.6) is 5.88 Å². The van der Waals surface area contributed by atoms with Gasteiger partial charge < -0.3 is 9.64 Å². The summed E-state index contributed by atoms with van der Waals surface area (Å²) in [6, 6.07) is 5.87. The first-order valence-corrected chi connectivity index (χ1v) is 7.68. The maximum atomic E-state index is 5.22. The third-order valence-electron chi connectivity index (χ3n) is 3.57. The number of rotatable bonds is 3. The number of nitrogens with zero attached hydrogens (tertiary/aromatic N) is 3. The fourth-order valence-corrected chi connectivity index (χ4v) is 3.17. The Morgan fingerprint density at radius 3 is 3.00 bits per heavy atom. The van der Waals surface area contributed by atoms with Crippen molar-refractivity contribution in [2.75, 3.05) is 31.4 Å². The lowest BCUT2D eigenvalue weighted by Gasteiger charge is -2.19. The van der Waals surface area contributed by atoms with Crippen LogP contribution in [0.15, 0.2) is 24.4 Å². The van der Waals surface area contributed by atoms with E-state index in [1.165, 1.54) is 12.1 Å². The molecule has 1 atom stereocenters. The molecular formula is C14H17N3OS. The molecule has 0 aliphatic carbocycles. The summed E-state index contributed by atoms with van der Waals surface area (Å²) in [6.45, 7) is 2.17. The van der Waals surface area contributed by atoms with Crippen LogP contribution >= 0.6 is 11.8 Å². The van der Waals surface area contributed by atoms with Crippen molar-refractivity contribution in [2.24, 2.45) is 0 Å². The predicted molar refractivity (Wildman–Crippen MR) is 80.2 cm³/mol. The van der Waals surface area contributed by atoms with Crippen molar-refractivity contribution < 1.29 is 4.74 Å². The quantitative estimate of drug-likeness (QED) is 0.861. The summed E-state index contributed by atoms with van der Waals surface area (Å²) in [7, 11) is 1.64. The van der Waals surface area contributed by atoms with Crippen LogP contribution in [0.3, 0.4) is 0 Å². The van der Waals surface area contributed by atoms with E-state index in [9.17, 15) is 0 Å². The molecule has 100 valence electrons. The Bertz CT molecular complexity index is 590. The van der Waals surface area contributed by atoms with Crippen LogP contribution in [-0.4, -0.2) is 41.7 Å². The van der Waals surface area contributed by atoms with E-state index in [1.54, 1.807) is 7.11 Å². The van der Waals surface area contributed by atoms with Crippen molar-refractivity contribution in [1.29, 1.82) is 0 Å². The Morgan fingerprint density at radius 1 is 1.37 bits per heavy atom. The van der Waals surface area contributed by atoms with Crippen LogP contribution in [0, 0.1) is 0 Å². The summed E-state index contributed by atoms with van der Waals surface area (Å²) in [5.74, 6) is 0.641. The third kappa shape index (κ3) is 2.34. The van der Waals surface area contributed by atoms with Crippen molar-refractivity contribution in [3.05, 3.63) is 24.4 Å². The van der Waals surface area contributed by atoms with Gasteiger partial charge in [0.25, 0.3) is 0 Å². The van der Waals surface area contributed by atoms with Crippen LogP contribution in [0.25, 0.3) is 11.0 Å². The number of fused-ring (bicyclic) bond motifs is 1. The lowest BCUT2D eigenvalue weighted by atomic mass is 10.2. The SMILES string of the molecule is COc1ccc2nccc(N3CCC(SC)C3)c2n1. The number of anilines is 1. The molecule has 4 nitrogen and oxygen atoms in total. The van der Waals surface area contributed by atoms with Gasteiger partial charge in [0.2, 0.25) is 5.88 Å². The molecule has 1 fully saturated rings. The zero-order chi connectivity index (χ0) is 13.2. The number of thioether (sulfide) groups is 1. The van der Waals surface area contributed by atoms with Crippen molar-refractivity contribution in [1.82, 2.24) is 9.97 Å². The van der Waals surface area contributed by atoms with Gasteiger partial charge in [0.15, 0.2) is 0 Å². The second-order valence-electron chi connectivity index (χ2n) is 4.64. The maximum Gasteiger partial charge on any atom is 0.213 e. The summed E-state index contributed by atoms with van der Waals surface area (Å²) in [6.07, 6.45) is 5.27. The van der Waals surface area contributed by atoms with Gasteiger partial charge in [-0.1, -0.05) is 0 Å². The molecule has 1 saturated heterocycles. The fourth-order valence-electron chi connectivity index (χ4n) is 2.50. The summed E-state index contributed by atoms with van der Waals surface area (Å²) in [4.78, 5) is 11.3. The Balaban J connectivity index is 2.03. The zero-order valence-electron chi connectivity index (χ0n) is 11.2. The first-order chi connectivity index (χ1) is 9.31. The van der Waals surface area contributed by atoms with E-state index in [-0.39, 0.29) is 0 Å². The van der Waals surface area contributed by atoms with E-state index >= 15 is 0 Å². The molecule has 19 heavy (non-hydrogen) atoms. The second-order valence-corrected chi connectivity index (χ2v) is 5.78. The highest BCUT2D eigenvalue weighted by atomic mass is 32.2. The summed E-state index contributed by atoms with van der Waals surface area (Å²) in [5.41, 5.74) is 3.02. The Kier molecular flexibility index (Phi) is 3.46. The minimum atomic E-state index is 0.641. The van der Waals surface area contributed by atoms with Crippen LogP contribution in [-0.2, 0) is 0 Å². The van der Waals surface area contributed by atoms with E-state index in [0.717, 1.165) is 24.1 Å². The van der Waals surface area contributed by atoms with Gasteiger partial charge in [0, 0.05) is 30.6 Å². The molecule has 2 aromatic heterocycles. The van der Waals surface area contributed by atoms with Gasteiger partial charge in [-0.15, -0.1) is 0 Å². The monoisotopic (exact) mass is 275 g/mol. The molecule has 0 aromatic carbocycles. The Morgan fingerprint density at radius 2 is 2.26 bits per heavy atom. The average Bonchev–Trinajstić information content (AvgIpc) is 2.94. The number of hydrogen-bond donors (Lipinski definition) is 0. The molecule has 0 N–H and O–H groups in total. The van der Waals surface area contributed by atoms with Gasteiger partial charge >= 0.3 is 0 Å². The molecule has 2 aromatic rings. The standard InChI is InChI=1S/C14H17N3OS/c1-18-13-4-3-11-14(16-13)12(5-7-15-11)17-8-6-10(9-17)19-2/h3-5,7,10H,6,8-9H2,1-2H3. The highest BCUT2D eigenvalue weighted by Gasteiger charge is 2.23. The van der Waals surface area contributed by atoms with Gasteiger partial charge in [-0.3, -0.25) is 4.98 Å². The molecule has 0 amide bonds. The van der Waals surface area contributed by atoms with E-state index in [1.807, 2.05) is 30.1 Å². The molecule has 5 heteroatoms. The van der Waals surface area contributed by atoms with E-state index < -0.39 is 0 Å². The van der Waals surface area contributed by atoms with Crippen molar-refractivity contribution in [3.63, 3.8) is 0 Å². The molecule has 0 radical (unpaired) electrons. The third-order valence-corrected chi connectivity index (χ3v) is 4.62. The Hall–Kier alpha value is -1.49. The van der Waals surface area contributed by atoms with E-state index in [2.05, 4.69) is 27.2 Å². The lowest BCUT2D eigenvalue weighted by Crippen LogP contribution is -2.20. The molecule has 1 aliphatic heterocycles. The average molecular weight is 275 g/mol. The normalized spacial score (nSPS) is 19.1. The second kappa shape index (κ2) is 5.25. The molecule has 0 bridgehead atoms. The smallest absolute Gasteiger partial charge is 0.213 e. The molecule has 0 spiro atoms. The summed E-state index contributed by atoms with van der Waals surface area (Å²) in [5, 5.41) is 0.717. The lowest BCUT2D eigenvalue weighted by molar-refractivity contribution is 0.399. The van der Waals surface area contributed by atoms with Crippen molar-refractivity contribution >= 4 is 28.5 Å². The first-order valence-electron chi connectivity index (χ1n) is 6.39.